The lowest BCUT2D eigenvalue weighted by molar-refractivity contribution is -0.904. The lowest BCUT2D eigenvalue weighted by atomic mass is 10.2. The Morgan fingerprint density at radius 1 is 1.10 bits per heavy atom. The molecule has 1 aromatic carbocycles. The van der Waals surface area contributed by atoms with E-state index in [1.165, 1.54) is 30.6 Å². The summed E-state index contributed by atoms with van der Waals surface area (Å²) < 4.78 is 44.0. The van der Waals surface area contributed by atoms with Gasteiger partial charge in [-0.3, -0.25) is 5.21 Å². The van der Waals surface area contributed by atoms with Gasteiger partial charge in [0, 0.05) is 22.4 Å². The molecule has 102 valence electrons. The van der Waals surface area contributed by atoms with Gasteiger partial charge in [-0.1, -0.05) is 0 Å². The van der Waals surface area contributed by atoms with Gasteiger partial charge < -0.3 is 4.42 Å². The maximum atomic E-state index is 12.6. The van der Waals surface area contributed by atoms with Gasteiger partial charge >= 0.3 is 6.18 Å². The zero-order valence-corrected chi connectivity index (χ0v) is 9.93. The second-order valence-corrected chi connectivity index (χ2v) is 4.17. The molecule has 0 fully saturated rings. The predicted molar refractivity (Wildman–Crippen MR) is 61.8 cm³/mol. The van der Waals surface area contributed by atoms with Crippen molar-refractivity contribution in [2.45, 2.75) is 6.18 Å². The molecule has 7 heteroatoms. The number of hydrogen-bond donors (Lipinski definition) is 1. The third-order valence-corrected chi connectivity index (χ3v) is 2.78. The molecule has 0 unspecified atom stereocenters. The van der Waals surface area contributed by atoms with Crippen LogP contribution in [0.25, 0.3) is 22.6 Å². The van der Waals surface area contributed by atoms with Crippen LogP contribution >= 0.6 is 0 Å². The van der Waals surface area contributed by atoms with Crippen LogP contribution in [0.4, 0.5) is 13.2 Å². The van der Waals surface area contributed by atoms with Gasteiger partial charge in [0.15, 0.2) is 5.58 Å². The number of aromatic nitrogens is 2. The Labute approximate surface area is 110 Å². The van der Waals surface area contributed by atoms with Gasteiger partial charge in [-0.2, -0.15) is 13.2 Å². The van der Waals surface area contributed by atoms with Crippen molar-refractivity contribution in [3.05, 3.63) is 48.3 Å². The van der Waals surface area contributed by atoms with Crippen LogP contribution in [0.1, 0.15) is 5.56 Å². The smallest absolute Gasteiger partial charge is 0.416 e. The van der Waals surface area contributed by atoms with E-state index in [2.05, 4.69) is 4.98 Å². The molecular formula is C13H8F3N2O2+. The van der Waals surface area contributed by atoms with Gasteiger partial charge in [0.25, 0.3) is 0 Å². The van der Waals surface area contributed by atoms with Crippen LogP contribution in [0.15, 0.2) is 47.1 Å². The van der Waals surface area contributed by atoms with Crippen LogP contribution in [0.3, 0.4) is 0 Å². The van der Waals surface area contributed by atoms with Crippen molar-refractivity contribution >= 4 is 11.1 Å². The molecule has 0 aliphatic heterocycles. The van der Waals surface area contributed by atoms with Gasteiger partial charge in [-0.25, -0.2) is 4.98 Å². The van der Waals surface area contributed by atoms with E-state index >= 15 is 0 Å². The molecule has 4 nitrogen and oxygen atoms in total. The summed E-state index contributed by atoms with van der Waals surface area (Å²) in [5.41, 5.74) is 0.190. The molecule has 3 aromatic rings. The Kier molecular flexibility index (Phi) is 2.63. The van der Waals surface area contributed by atoms with E-state index in [4.69, 9.17) is 9.62 Å². The third kappa shape index (κ3) is 2.18. The first-order chi connectivity index (χ1) is 9.43. The minimum atomic E-state index is -4.41. The molecule has 0 aliphatic carbocycles. The van der Waals surface area contributed by atoms with E-state index in [1.54, 1.807) is 0 Å². The maximum absolute atomic E-state index is 12.6. The van der Waals surface area contributed by atoms with E-state index in [0.29, 0.717) is 5.56 Å². The lowest BCUT2D eigenvalue weighted by Crippen LogP contribution is -2.27. The van der Waals surface area contributed by atoms with Crippen molar-refractivity contribution in [1.29, 1.82) is 0 Å². The highest BCUT2D eigenvalue weighted by Crippen LogP contribution is 2.32. The highest BCUT2D eigenvalue weighted by molar-refractivity contribution is 5.76. The average molecular weight is 281 g/mol. The van der Waals surface area contributed by atoms with E-state index in [9.17, 15) is 13.2 Å². The number of rotatable bonds is 1. The molecule has 2 heterocycles. The minimum absolute atomic E-state index is 0.135. The van der Waals surface area contributed by atoms with Crippen molar-refractivity contribution in [1.82, 2.24) is 4.98 Å². The van der Waals surface area contributed by atoms with Crippen LogP contribution in [-0.2, 0) is 6.18 Å². The summed E-state index contributed by atoms with van der Waals surface area (Å²) >= 11 is 0. The van der Waals surface area contributed by atoms with Crippen molar-refractivity contribution in [3.63, 3.8) is 0 Å². The predicted octanol–water partition coefficient (Wildman–Crippen LogP) is 3.04. The van der Waals surface area contributed by atoms with Crippen LogP contribution < -0.4 is 4.73 Å². The second kappa shape index (κ2) is 4.22. The summed E-state index contributed by atoms with van der Waals surface area (Å²) in [6, 6.07) is 6.20. The average Bonchev–Trinajstić information content (AvgIpc) is 2.81. The van der Waals surface area contributed by atoms with Gasteiger partial charge in [0.2, 0.25) is 18.3 Å². The highest BCUT2D eigenvalue weighted by atomic mass is 19.4. The fourth-order valence-corrected chi connectivity index (χ4v) is 1.79. The fourth-order valence-electron chi connectivity index (χ4n) is 1.79. The van der Waals surface area contributed by atoms with Crippen LogP contribution in [0.5, 0.6) is 0 Å². The topological polar surface area (TPSA) is 50.1 Å². The monoisotopic (exact) mass is 281 g/mol. The van der Waals surface area contributed by atoms with E-state index < -0.39 is 11.7 Å². The van der Waals surface area contributed by atoms with Crippen molar-refractivity contribution in [3.8, 4) is 11.5 Å². The summed E-state index contributed by atoms with van der Waals surface area (Å²) in [7, 11) is 0. The molecule has 0 bridgehead atoms. The third-order valence-electron chi connectivity index (χ3n) is 2.78. The molecule has 2 aromatic heterocycles. The maximum Gasteiger partial charge on any atom is 0.416 e. The molecule has 3 rings (SSSR count). The zero-order chi connectivity index (χ0) is 14.3. The Balaban J connectivity index is 2.09. The number of alkyl halides is 3. The summed E-state index contributed by atoms with van der Waals surface area (Å²) in [4.78, 5) is 4.03. The van der Waals surface area contributed by atoms with E-state index in [0.717, 1.165) is 16.9 Å². The van der Waals surface area contributed by atoms with Crippen molar-refractivity contribution < 1.29 is 27.5 Å². The molecule has 0 amide bonds. The molecular weight excluding hydrogens is 273 g/mol. The minimum Gasteiger partial charge on any atom is -0.436 e. The SMILES string of the molecule is O[n+]1ccc(-c2nc3cc(C(F)(F)F)ccc3o2)cc1. The largest absolute Gasteiger partial charge is 0.436 e. The first-order valence-corrected chi connectivity index (χ1v) is 5.62. The van der Waals surface area contributed by atoms with Crippen molar-refractivity contribution in [2.24, 2.45) is 0 Å². The number of fused-ring (bicyclic) bond motifs is 1. The number of halogens is 3. The molecule has 1 N–H and O–H groups in total. The molecule has 0 spiro atoms. The second-order valence-electron chi connectivity index (χ2n) is 4.17. The Morgan fingerprint density at radius 2 is 1.80 bits per heavy atom. The summed E-state index contributed by atoms with van der Waals surface area (Å²) in [6.07, 6.45) is -1.68. The normalized spacial score (nSPS) is 11.9. The van der Waals surface area contributed by atoms with Gasteiger partial charge in [0.1, 0.15) is 5.52 Å². The quantitative estimate of drug-likeness (QED) is 0.551. The summed E-state index contributed by atoms with van der Waals surface area (Å²) in [6.45, 7) is 0. The molecule has 0 atom stereocenters. The van der Waals surface area contributed by atoms with Crippen LogP contribution in [0, 0.1) is 0 Å². The molecule has 20 heavy (non-hydrogen) atoms. The van der Waals surface area contributed by atoms with Crippen molar-refractivity contribution in [2.75, 3.05) is 0 Å². The lowest BCUT2D eigenvalue weighted by Gasteiger charge is -2.04. The van der Waals surface area contributed by atoms with E-state index in [1.807, 2.05) is 0 Å². The molecule has 0 radical (unpaired) electrons. The standard InChI is InChI=1S/C13H8F3N2O2/c14-13(15,16)9-1-2-11-10(7-9)17-12(20-11)8-3-5-18(19)6-4-8/h1-7,19H/q+1. The van der Waals surface area contributed by atoms with Crippen LogP contribution in [-0.4, -0.2) is 10.2 Å². The van der Waals surface area contributed by atoms with E-state index in [-0.39, 0.29) is 17.0 Å². The zero-order valence-electron chi connectivity index (χ0n) is 9.93. The van der Waals surface area contributed by atoms with Gasteiger partial charge in [0.05, 0.1) is 5.56 Å². The summed E-state index contributed by atoms with van der Waals surface area (Å²) in [5, 5.41) is 9.11. The number of pyridine rings is 1. The Hall–Kier alpha value is -2.57. The van der Waals surface area contributed by atoms with Gasteiger partial charge in [-0.15, -0.1) is 0 Å². The first-order valence-electron chi connectivity index (χ1n) is 5.62. The number of oxazole rings is 1. The van der Waals surface area contributed by atoms with Gasteiger partial charge in [-0.05, 0) is 18.2 Å². The number of nitrogens with zero attached hydrogens (tertiary/aromatic N) is 2. The number of benzene rings is 1. The summed E-state index contributed by atoms with van der Waals surface area (Å²) in [5.74, 6) is 0.194. The fraction of sp³-hybridized carbons (Fsp3) is 0.0769. The Morgan fingerprint density at radius 3 is 2.45 bits per heavy atom. The number of hydrogen-bond acceptors (Lipinski definition) is 3. The van der Waals surface area contributed by atoms with Crippen LogP contribution in [0.2, 0.25) is 0 Å². The molecule has 0 aliphatic rings. The highest BCUT2D eigenvalue weighted by Gasteiger charge is 2.31. The molecule has 0 saturated heterocycles. The molecule has 0 saturated carbocycles. The Bertz CT molecular complexity index is 763. The first kappa shape index (κ1) is 12.5.